The number of pyridine rings is 1. The van der Waals surface area contributed by atoms with Gasteiger partial charge in [0.25, 0.3) is 5.88 Å². The molecule has 0 saturated carbocycles. The van der Waals surface area contributed by atoms with Crippen LogP contribution in [0.1, 0.15) is 11.1 Å². The van der Waals surface area contributed by atoms with E-state index in [2.05, 4.69) is 4.98 Å². The smallest absolute Gasteiger partial charge is 0.257 e. The third-order valence-electron chi connectivity index (χ3n) is 6.43. The highest BCUT2D eigenvalue weighted by Gasteiger charge is 2.15. The molecule has 0 amide bonds. The van der Waals surface area contributed by atoms with E-state index < -0.39 is 0 Å². The van der Waals surface area contributed by atoms with Crippen molar-refractivity contribution in [3.05, 3.63) is 88.2 Å². The number of benzene rings is 3. The van der Waals surface area contributed by atoms with Gasteiger partial charge in [0.15, 0.2) is 17.1 Å². The highest BCUT2D eigenvalue weighted by molar-refractivity contribution is 5.93. The Balaban J connectivity index is 1.39. The number of aryl methyl sites for hydroxylation is 1. The fourth-order valence-electron chi connectivity index (χ4n) is 4.29. The fraction of sp³-hybridized carbons (Fsp3) is 0.250. The zero-order chi connectivity index (χ0) is 28.9. The van der Waals surface area contributed by atoms with Gasteiger partial charge in [-0.05, 0) is 68.5 Å². The molecule has 0 aliphatic heterocycles. The van der Waals surface area contributed by atoms with E-state index in [1.165, 1.54) is 7.11 Å². The number of aromatic nitrogens is 1. The molecule has 0 unspecified atom stereocenters. The van der Waals surface area contributed by atoms with Gasteiger partial charge in [-0.3, -0.25) is 4.79 Å². The van der Waals surface area contributed by atoms with Crippen molar-refractivity contribution in [1.29, 1.82) is 0 Å². The number of rotatable bonds is 11. The first-order chi connectivity index (χ1) is 19.8. The molecule has 3 aromatic carbocycles. The minimum atomic E-state index is -0.129. The number of hydrogen-bond acceptors (Lipinski definition) is 9. The van der Waals surface area contributed by atoms with Crippen LogP contribution in [0.3, 0.4) is 0 Å². The number of ether oxygens (including phenoxy) is 5. The zero-order valence-electron chi connectivity index (χ0n) is 23.7. The van der Waals surface area contributed by atoms with Crippen LogP contribution in [-0.2, 0) is 6.61 Å². The van der Waals surface area contributed by atoms with Crippen molar-refractivity contribution in [2.24, 2.45) is 0 Å². The molecular weight excluding hydrogens is 524 g/mol. The van der Waals surface area contributed by atoms with E-state index in [4.69, 9.17) is 28.1 Å². The molecule has 9 nitrogen and oxygen atoms in total. The normalized spacial score (nSPS) is 11.2. The van der Waals surface area contributed by atoms with Crippen molar-refractivity contribution in [1.82, 2.24) is 9.88 Å². The Kier molecular flexibility index (Phi) is 8.26. The standard InChI is InChI=1S/C32H32N2O7/c1-20-14-26-30(35)25-11-10-23(16-27(25)41-31(26)28(15-20)38-13-12-34(2)3)40-24-17-29(37-5)32(33-18-24)39-19-21-6-8-22(36-4)9-7-21/h6-11,14-18H,12-13,19H2,1-5H3. The van der Waals surface area contributed by atoms with Gasteiger partial charge in [-0.25, -0.2) is 4.98 Å². The van der Waals surface area contributed by atoms with Crippen LogP contribution in [0, 0.1) is 6.92 Å². The van der Waals surface area contributed by atoms with Crippen molar-refractivity contribution in [3.8, 4) is 34.6 Å². The number of likely N-dealkylation sites (N-methyl/N-ethyl adjacent to an activating group) is 1. The molecule has 0 spiro atoms. The number of nitrogens with zero attached hydrogens (tertiary/aromatic N) is 2. The predicted molar refractivity (Wildman–Crippen MR) is 157 cm³/mol. The lowest BCUT2D eigenvalue weighted by Crippen LogP contribution is -2.19. The van der Waals surface area contributed by atoms with Crippen LogP contribution < -0.4 is 29.1 Å². The van der Waals surface area contributed by atoms with Gasteiger partial charge < -0.3 is 33.0 Å². The molecule has 0 N–H and O–H groups in total. The molecule has 5 aromatic rings. The maximum absolute atomic E-state index is 13.3. The zero-order valence-corrected chi connectivity index (χ0v) is 23.7. The summed E-state index contributed by atoms with van der Waals surface area (Å²) in [6.45, 7) is 3.43. The Morgan fingerprint density at radius 2 is 1.61 bits per heavy atom. The molecule has 2 heterocycles. The molecule has 212 valence electrons. The van der Waals surface area contributed by atoms with Gasteiger partial charge in [0.2, 0.25) is 5.43 Å². The molecular formula is C32H32N2O7. The Labute approximate surface area is 237 Å². The molecule has 5 rings (SSSR count). The number of hydrogen-bond donors (Lipinski definition) is 0. The molecule has 0 aliphatic rings. The summed E-state index contributed by atoms with van der Waals surface area (Å²) >= 11 is 0. The van der Waals surface area contributed by atoms with Gasteiger partial charge in [0, 0.05) is 18.7 Å². The van der Waals surface area contributed by atoms with Crippen molar-refractivity contribution >= 4 is 21.9 Å². The van der Waals surface area contributed by atoms with Gasteiger partial charge >= 0.3 is 0 Å². The minimum Gasteiger partial charge on any atom is -0.497 e. The maximum Gasteiger partial charge on any atom is 0.257 e. The molecule has 0 saturated heterocycles. The fourth-order valence-corrected chi connectivity index (χ4v) is 4.29. The molecule has 0 atom stereocenters. The third-order valence-corrected chi connectivity index (χ3v) is 6.43. The summed E-state index contributed by atoms with van der Waals surface area (Å²) < 4.78 is 34.8. The molecule has 0 aliphatic carbocycles. The largest absolute Gasteiger partial charge is 0.497 e. The van der Waals surface area contributed by atoms with E-state index >= 15 is 0 Å². The topological polar surface area (TPSA) is 92.5 Å². The lowest BCUT2D eigenvalue weighted by molar-refractivity contribution is 0.261. The summed E-state index contributed by atoms with van der Waals surface area (Å²) in [6.07, 6.45) is 1.55. The van der Waals surface area contributed by atoms with E-state index in [1.807, 2.05) is 62.3 Å². The third kappa shape index (κ3) is 6.36. The lowest BCUT2D eigenvalue weighted by Gasteiger charge is -2.14. The van der Waals surface area contributed by atoms with Crippen LogP contribution in [0.25, 0.3) is 21.9 Å². The molecule has 2 aromatic heterocycles. The van der Waals surface area contributed by atoms with Gasteiger partial charge in [-0.2, -0.15) is 0 Å². The second-order valence-corrected chi connectivity index (χ2v) is 9.80. The molecule has 0 bridgehead atoms. The second-order valence-electron chi connectivity index (χ2n) is 9.80. The van der Waals surface area contributed by atoms with E-state index in [0.717, 1.165) is 23.4 Å². The van der Waals surface area contributed by atoms with E-state index in [0.29, 0.717) is 64.0 Å². The summed E-state index contributed by atoms with van der Waals surface area (Å²) in [5, 5.41) is 0.929. The van der Waals surface area contributed by atoms with Crippen LogP contribution in [0.5, 0.6) is 34.6 Å². The van der Waals surface area contributed by atoms with Crippen LogP contribution in [0.15, 0.2) is 76.1 Å². The van der Waals surface area contributed by atoms with Gasteiger partial charge in [-0.15, -0.1) is 0 Å². The van der Waals surface area contributed by atoms with Gasteiger partial charge in [0.05, 0.1) is 31.2 Å². The Hall–Kier alpha value is -4.76. The Morgan fingerprint density at radius 1 is 0.829 bits per heavy atom. The van der Waals surface area contributed by atoms with E-state index in [1.54, 1.807) is 37.6 Å². The molecule has 0 radical (unpaired) electrons. The van der Waals surface area contributed by atoms with Crippen molar-refractivity contribution in [3.63, 3.8) is 0 Å². The first kappa shape index (κ1) is 27.8. The monoisotopic (exact) mass is 556 g/mol. The SMILES string of the molecule is COc1ccc(COc2ncc(Oc3ccc4c(=O)c5cc(C)cc(OCCN(C)C)c5oc4c3)cc2OC)cc1. The van der Waals surface area contributed by atoms with Gasteiger partial charge in [-0.1, -0.05) is 12.1 Å². The van der Waals surface area contributed by atoms with Crippen molar-refractivity contribution in [2.45, 2.75) is 13.5 Å². The molecule has 0 fully saturated rings. The molecule has 9 heteroatoms. The summed E-state index contributed by atoms with van der Waals surface area (Å²) in [7, 11) is 7.11. The first-order valence-corrected chi connectivity index (χ1v) is 13.1. The van der Waals surface area contributed by atoms with E-state index in [-0.39, 0.29) is 5.43 Å². The summed E-state index contributed by atoms with van der Waals surface area (Å²) in [5.41, 5.74) is 2.55. The first-order valence-electron chi connectivity index (χ1n) is 13.1. The summed E-state index contributed by atoms with van der Waals surface area (Å²) in [6, 6.07) is 18.1. The highest BCUT2D eigenvalue weighted by Crippen LogP contribution is 2.34. The highest BCUT2D eigenvalue weighted by atomic mass is 16.5. The second kappa shape index (κ2) is 12.2. The van der Waals surface area contributed by atoms with Crippen molar-refractivity contribution < 1.29 is 28.1 Å². The Morgan fingerprint density at radius 3 is 2.34 bits per heavy atom. The lowest BCUT2D eigenvalue weighted by atomic mass is 10.1. The summed E-state index contributed by atoms with van der Waals surface area (Å²) in [4.78, 5) is 19.8. The van der Waals surface area contributed by atoms with Crippen LogP contribution in [0.2, 0.25) is 0 Å². The average Bonchev–Trinajstić information content (AvgIpc) is 2.97. The van der Waals surface area contributed by atoms with Crippen molar-refractivity contribution in [2.75, 3.05) is 41.5 Å². The molecule has 41 heavy (non-hydrogen) atoms. The predicted octanol–water partition coefficient (Wildman–Crippen LogP) is 5.98. The average molecular weight is 557 g/mol. The number of methoxy groups -OCH3 is 2. The number of fused-ring (bicyclic) bond motifs is 2. The van der Waals surface area contributed by atoms with Crippen LogP contribution >= 0.6 is 0 Å². The summed E-state index contributed by atoms with van der Waals surface area (Å²) in [5.74, 6) is 2.97. The Bertz CT molecular complexity index is 1730. The maximum atomic E-state index is 13.3. The van der Waals surface area contributed by atoms with Crippen LogP contribution in [0.4, 0.5) is 0 Å². The minimum absolute atomic E-state index is 0.129. The van der Waals surface area contributed by atoms with Gasteiger partial charge in [0.1, 0.15) is 36.0 Å². The van der Waals surface area contributed by atoms with Crippen LogP contribution in [-0.4, -0.2) is 51.4 Å². The quantitative estimate of drug-likeness (QED) is 0.182. The van der Waals surface area contributed by atoms with E-state index in [9.17, 15) is 4.79 Å².